The summed E-state index contributed by atoms with van der Waals surface area (Å²) in [4.78, 5) is 25.3. The first-order valence-corrected chi connectivity index (χ1v) is 11.5. The second kappa shape index (κ2) is 9.19. The molecule has 1 saturated heterocycles. The van der Waals surface area contributed by atoms with Gasteiger partial charge in [-0.1, -0.05) is 18.2 Å². The van der Waals surface area contributed by atoms with Crippen molar-refractivity contribution in [3.8, 4) is 0 Å². The summed E-state index contributed by atoms with van der Waals surface area (Å²) >= 11 is 0. The van der Waals surface area contributed by atoms with Crippen molar-refractivity contribution in [3.63, 3.8) is 0 Å². The van der Waals surface area contributed by atoms with Crippen LogP contribution >= 0.6 is 0 Å². The lowest BCUT2D eigenvalue weighted by atomic mass is 10.1. The highest BCUT2D eigenvalue weighted by Gasteiger charge is 2.17. The molecule has 1 aliphatic heterocycles. The minimum atomic E-state index is -0.203. The average Bonchev–Trinajstić information content (AvgIpc) is 3.28. The molecule has 0 spiro atoms. The van der Waals surface area contributed by atoms with Gasteiger partial charge in [0.2, 0.25) is 0 Å². The van der Waals surface area contributed by atoms with Crippen LogP contribution in [0.25, 0.3) is 21.8 Å². The molecule has 2 aromatic heterocycles. The molecule has 1 aliphatic rings. The molecule has 5 rings (SSSR count). The van der Waals surface area contributed by atoms with E-state index >= 15 is 0 Å². The van der Waals surface area contributed by atoms with Gasteiger partial charge in [-0.15, -0.1) is 0 Å². The normalized spacial score (nSPS) is 14.8. The van der Waals surface area contributed by atoms with E-state index in [0.29, 0.717) is 12.2 Å². The Labute approximate surface area is 192 Å². The standard InChI is InChI=1S/C26H28FN5O/c1-18-3-4-19-5-6-20-17-23(30-25(20)24(19)29-18)26(33)28-11-2-12-31-13-15-32(16-14-31)22-9-7-21(27)8-10-22/h3-10,17,29H,2,11-16H2,1H3,(H,28,33). The van der Waals surface area contributed by atoms with Crippen LogP contribution in [-0.2, 0) is 0 Å². The molecule has 0 unspecified atom stereocenters. The average molecular weight is 446 g/mol. The van der Waals surface area contributed by atoms with Crippen molar-refractivity contribution in [2.24, 2.45) is 0 Å². The lowest BCUT2D eigenvalue weighted by molar-refractivity contribution is 0.0947. The predicted molar refractivity (Wildman–Crippen MR) is 130 cm³/mol. The number of piperazine rings is 1. The molecule has 0 atom stereocenters. The van der Waals surface area contributed by atoms with E-state index in [-0.39, 0.29) is 11.7 Å². The summed E-state index contributed by atoms with van der Waals surface area (Å²) in [6.45, 7) is 7.34. The number of aromatic nitrogens is 2. The van der Waals surface area contributed by atoms with Crippen molar-refractivity contribution in [1.29, 1.82) is 0 Å². The fraction of sp³-hybridized carbons (Fsp3) is 0.308. The number of carbonyl (C=O) groups excluding carboxylic acids is 1. The maximum absolute atomic E-state index is 13.1. The van der Waals surface area contributed by atoms with Gasteiger partial charge < -0.3 is 15.2 Å². The molecule has 170 valence electrons. The number of hydrogen-bond donors (Lipinski definition) is 2. The van der Waals surface area contributed by atoms with Crippen LogP contribution in [0.1, 0.15) is 22.6 Å². The van der Waals surface area contributed by atoms with Gasteiger partial charge in [0, 0.05) is 54.9 Å². The number of pyridine rings is 1. The Morgan fingerprint density at radius 2 is 1.76 bits per heavy atom. The summed E-state index contributed by atoms with van der Waals surface area (Å²) in [6.07, 6.45) is 0.887. The first kappa shape index (κ1) is 21.4. The van der Waals surface area contributed by atoms with Crippen molar-refractivity contribution < 1.29 is 9.18 Å². The van der Waals surface area contributed by atoms with Crippen LogP contribution in [0.5, 0.6) is 0 Å². The highest BCUT2D eigenvalue weighted by Crippen LogP contribution is 2.24. The largest absolute Gasteiger partial charge is 0.369 e. The highest BCUT2D eigenvalue weighted by molar-refractivity contribution is 6.07. The number of fused-ring (bicyclic) bond motifs is 3. The number of amides is 1. The van der Waals surface area contributed by atoms with Gasteiger partial charge in [-0.2, -0.15) is 0 Å². The molecule has 7 heteroatoms. The van der Waals surface area contributed by atoms with Crippen molar-refractivity contribution in [3.05, 3.63) is 71.8 Å². The van der Waals surface area contributed by atoms with Crippen LogP contribution in [-0.4, -0.2) is 60.0 Å². The lowest BCUT2D eigenvalue weighted by Gasteiger charge is -2.36. The fourth-order valence-electron chi connectivity index (χ4n) is 4.48. The molecule has 33 heavy (non-hydrogen) atoms. The topological polar surface area (TPSA) is 64.3 Å². The number of rotatable bonds is 6. The number of anilines is 1. The molecule has 0 aliphatic carbocycles. The van der Waals surface area contributed by atoms with E-state index in [1.54, 1.807) is 0 Å². The molecule has 2 N–H and O–H groups in total. The number of nitrogens with one attached hydrogen (secondary N) is 2. The summed E-state index contributed by atoms with van der Waals surface area (Å²) in [7, 11) is 0. The minimum absolute atomic E-state index is 0.131. The number of benzene rings is 2. The Morgan fingerprint density at radius 1 is 1.03 bits per heavy atom. The number of nitrogens with zero attached hydrogens (tertiary/aromatic N) is 3. The molecule has 1 fully saturated rings. The van der Waals surface area contributed by atoms with Gasteiger partial charge in [0.25, 0.3) is 5.91 Å². The zero-order valence-corrected chi connectivity index (χ0v) is 18.8. The molecule has 0 radical (unpaired) electrons. The van der Waals surface area contributed by atoms with Crippen molar-refractivity contribution in [2.45, 2.75) is 13.3 Å². The number of H-pyrrole nitrogens is 1. The van der Waals surface area contributed by atoms with Crippen LogP contribution < -0.4 is 10.2 Å². The number of carbonyl (C=O) groups is 1. The smallest absolute Gasteiger partial charge is 0.269 e. The van der Waals surface area contributed by atoms with Gasteiger partial charge in [-0.3, -0.25) is 9.69 Å². The molecule has 0 saturated carbocycles. The molecule has 6 nitrogen and oxygen atoms in total. The maximum Gasteiger partial charge on any atom is 0.269 e. The Morgan fingerprint density at radius 3 is 2.55 bits per heavy atom. The van der Waals surface area contributed by atoms with Gasteiger partial charge >= 0.3 is 0 Å². The SMILES string of the molecule is Cc1ccc2ccc3cc(C(=O)NCCCN4CCN(c5ccc(F)cc5)CC4)nc3c2[nH]1. The third kappa shape index (κ3) is 4.68. The second-order valence-corrected chi connectivity index (χ2v) is 8.66. The van der Waals surface area contributed by atoms with E-state index in [4.69, 9.17) is 0 Å². The maximum atomic E-state index is 13.1. The quantitative estimate of drug-likeness (QED) is 0.439. The summed E-state index contributed by atoms with van der Waals surface area (Å²) in [6, 6.07) is 16.7. The number of aryl methyl sites for hydroxylation is 1. The Bertz CT molecular complexity index is 1280. The van der Waals surface area contributed by atoms with Gasteiger partial charge in [0.15, 0.2) is 0 Å². The second-order valence-electron chi connectivity index (χ2n) is 8.66. The summed E-state index contributed by atoms with van der Waals surface area (Å²) in [5, 5.41) is 5.06. The lowest BCUT2D eigenvalue weighted by Crippen LogP contribution is -2.47. The number of halogens is 1. The van der Waals surface area contributed by atoms with E-state index in [1.165, 1.54) is 12.1 Å². The van der Waals surface area contributed by atoms with E-state index in [2.05, 4.69) is 31.2 Å². The number of hydrogen-bond acceptors (Lipinski definition) is 4. The molecular weight excluding hydrogens is 417 g/mol. The van der Waals surface area contributed by atoms with Crippen LogP contribution in [0, 0.1) is 12.7 Å². The molecular formula is C26H28FN5O. The van der Waals surface area contributed by atoms with Crippen molar-refractivity contribution >= 4 is 33.4 Å². The Balaban J connectivity index is 1.11. The summed E-state index contributed by atoms with van der Waals surface area (Å²) in [5.41, 5.74) is 4.38. The molecule has 4 aromatic rings. The Kier molecular flexibility index (Phi) is 5.96. The number of aromatic amines is 1. The molecule has 0 bridgehead atoms. The zero-order valence-electron chi connectivity index (χ0n) is 18.8. The molecule has 2 aromatic carbocycles. The van der Waals surface area contributed by atoms with E-state index in [0.717, 1.165) is 72.3 Å². The van der Waals surface area contributed by atoms with Crippen LogP contribution in [0.3, 0.4) is 0 Å². The zero-order chi connectivity index (χ0) is 22.8. The Hall–Kier alpha value is -3.45. The first-order chi connectivity index (χ1) is 16.1. The van der Waals surface area contributed by atoms with Crippen LogP contribution in [0.4, 0.5) is 10.1 Å². The van der Waals surface area contributed by atoms with E-state index in [1.807, 2.05) is 43.3 Å². The minimum Gasteiger partial charge on any atom is -0.369 e. The molecule has 1 amide bonds. The third-order valence-electron chi connectivity index (χ3n) is 6.33. The third-order valence-corrected chi connectivity index (χ3v) is 6.33. The van der Waals surface area contributed by atoms with Crippen LogP contribution in [0.15, 0.2) is 54.6 Å². The van der Waals surface area contributed by atoms with Crippen molar-refractivity contribution in [2.75, 3.05) is 44.2 Å². The van der Waals surface area contributed by atoms with Crippen LogP contribution in [0.2, 0.25) is 0 Å². The first-order valence-electron chi connectivity index (χ1n) is 11.5. The van der Waals surface area contributed by atoms with Gasteiger partial charge in [0.05, 0.1) is 11.0 Å². The van der Waals surface area contributed by atoms with E-state index in [9.17, 15) is 9.18 Å². The predicted octanol–water partition coefficient (Wildman–Crippen LogP) is 4.11. The summed E-state index contributed by atoms with van der Waals surface area (Å²) < 4.78 is 13.1. The van der Waals surface area contributed by atoms with Crippen molar-refractivity contribution in [1.82, 2.24) is 20.2 Å². The fourth-order valence-corrected chi connectivity index (χ4v) is 4.48. The monoisotopic (exact) mass is 445 g/mol. The van der Waals surface area contributed by atoms with Gasteiger partial charge in [-0.25, -0.2) is 9.37 Å². The van der Waals surface area contributed by atoms with Gasteiger partial charge in [-0.05, 0) is 56.3 Å². The molecule has 3 heterocycles. The van der Waals surface area contributed by atoms with Gasteiger partial charge in [0.1, 0.15) is 11.5 Å². The summed E-state index contributed by atoms with van der Waals surface area (Å²) in [5.74, 6) is -0.334. The highest BCUT2D eigenvalue weighted by atomic mass is 19.1. The van der Waals surface area contributed by atoms with E-state index < -0.39 is 0 Å².